The third kappa shape index (κ3) is 3.33. The number of nitrogens with one attached hydrogen (secondary N) is 3. The summed E-state index contributed by atoms with van der Waals surface area (Å²) < 4.78 is 14.4. The molecule has 0 spiro atoms. The molecule has 3 aliphatic rings. The van der Waals surface area contributed by atoms with Crippen LogP contribution < -0.4 is 16.2 Å². The Bertz CT molecular complexity index is 671. The van der Waals surface area contributed by atoms with Crippen LogP contribution in [-0.4, -0.2) is 41.6 Å². The molecule has 1 aromatic rings. The highest BCUT2D eigenvalue weighted by Crippen LogP contribution is 2.35. The van der Waals surface area contributed by atoms with Crippen LogP contribution in [-0.2, 0) is 16.1 Å². The molecule has 140 valence electrons. The van der Waals surface area contributed by atoms with Crippen molar-refractivity contribution in [2.24, 2.45) is 11.8 Å². The molecule has 3 fully saturated rings. The maximum absolute atomic E-state index is 14.4. The summed E-state index contributed by atoms with van der Waals surface area (Å²) >= 11 is 0. The molecule has 2 heterocycles. The van der Waals surface area contributed by atoms with Crippen LogP contribution in [0.25, 0.3) is 0 Å². The van der Waals surface area contributed by atoms with E-state index in [0.717, 1.165) is 18.4 Å². The van der Waals surface area contributed by atoms with Crippen molar-refractivity contribution in [1.82, 2.24) is 21.1 Å². The Balaban J connectivity index is 1.37. The number of carbonyl (C=O) groups is 2. The maximum atomic E-state index is 14.4. The van der Waals surface area contributed by atoms with E-state index in [9.17, 15) is 14.0 Å². The van der Waals surface area contributed by atoms with Gasteiger partial charge in [-0.05, 0) is 24.8 Å². The number of hydrazine groups is 1. The lowest BCUT2D eigenvalue weighted by atomic mass is 9.82. The number of halogens is 1. The Labute approximate surface area is 152 Å². The van der Waals surface area contributed by atoms with Crippen LogP contribution in [0.4, 0.5) is 4.39 Å². The van der Waals surface area contributed by atoms with Gasteiger partial charge in [-0.3, -0.25) is 15.0 Å². The van der Waals surface area contributed by atoms with E-state index in [0.29, 0.717) is 19.5 Å². The Hall–Kier alpha value is -1.99. The molecule has 2 saturated heterocycles. The monoisotopic (exact) mass is 360 g/mol. The van der Waals surface area contributed by atoms with E-state index in [4.69, 9.17) is 0 Å². The number of hydrogen-bond acceptors (Lipinski definition) is 4. The molecule has 4 rings (SSSR count). The second-order valence-corrected chi connectivity index (χ2v) is 7.51. The molecule has 6 nitrogen and oxygen atoms in total. The minimum Gasteiger partial charge on any atom is -0.352 e. The van der Waals surface area contributed by atoms with Crippen LogP contribution in [0.2, 0.25) is 0 Å². The van der Waals surface area contributed by atoms with E-state index in [1.165, 1.54) is 0 Å². The maximum Gasteiger partial charge on any atom is 0.225 e. The second-order valence-electron chi connectivity index (χ2n) is 7.51. The summed E-state index contributed by atoms with van der Waals surface area (Å²) in [5, 5.41) is 2.91. The van der Waals surface area contributed by atoms with E-state index in [1.807, 2.05) is 30.3 Å². The largest absolute Gasteiger partial charge is 0.352 e. The third-order valence-electron chi connectivity index (χ3n) is 5.83. The number of carbonyl (C=O) groups excluding carboxylic acids is 2. The minimum absolute atomic E-state index is 0.0579. The predicted octanol–water partition coefficient (Wildman–Crippen LogP) is 1.09. The van der Waals surface area contributed by atoms with Crippen molar-refractivity contribution in [3.8, 4) is 0 Å². The highest BCUT2D eigenvalue weighted by molar-refractivity contribution is 5.89. The fraction of sp³-hybridized carbons (Fsp3) is 0.579. The first-order valence-corrected chi connectivity index (χ1v) is 9.39. The normalized spacial score (nSPS) is 34.0. The standard InChI is InChI=1S/C19H25FN4O2/c20-14-7-4-8-15-17(14)18(23-22-15)24-11-13(9-16(24)25)19(26)21-10-12-5-2-1-3-6-12/h1-3,5-6,13-15,17-18,22-23H,4,7-11H2,(H,21,26). The molecular formula is C19H25FN4O2. The third-order valence-corrected chi connectivity index (χ3v) is 5.83. The number of alkyl halides is 1. The quantitative estimate of drug-likeness (QED) is 0.752. The molecule has 26 heavy (non-hydrogen) atoms. The van der Waals surface area contributed by atoms with Crippen LogP contribution in [0.15, 0.2) is 30.3 Å². The van der Waals surface area contributed by atoms with Gasteiger partial charge in [0.15, 0.2) is 0 Å². The molecule has 1 aromatic carbocycles. The van der Waals surface area contributed by atoms with E-state index in [2.05, 4.69) is 16.2 Å². The predicted molar refractivity (Wildman–Crippen MR) is 94.2 cm³/mol. The molecule has 3 N–H and O–H groups in total. The lowest BCUT2D eigenvalue weighted by Crippen LogP contribution is -2.50. The van der Waals surface area contributed by atoms with Gasteiger partial charge in [-0.2, -0.15) is 0 Å². The van der Waals surface area contributed by atoms with Gasteiger partial charge in [0.25, 0.3) is 0 Å². The van der Waals surface area contributed by atoms with Crippen LogP contribution in [0, 0.1) is 11.8 Å². The Morgan fingerprint density at radius 1 is 1.23 bits per heavy atom. The molecule has 5 unspecified atom stereocenters. The zero-order valence-electron chi connectivity index (χ0n) is 14.7. The molecule has 5 atom stereocenters. The van der Waals surface area contributed by atoms with E-state index in [-0.39, 0.29) is 42.3 Å². The van der Waals surface area contributed by atoms with Crippen LogP contribution in [0.5, 0.6) is 0 Å². The summed E-state index contributed by atoms with van der Waals surface area (Å²) in [6.45, 7) is 0.791. The number of nitrogens with zero attached hydrogens (tertiary/aromatic N) is 1. The fourth-order valence-electron chi connectivity index (χ4n) is 4.44. The zero-order valence-corrected chi connectivity index (χ0v) is 14.7. The molecule has 1 saturated carbocycles. The van der Waals surface area contributed by atoms with Gasteiger partial charge < -0.3 is 10.2 Å². The number of benzene rings is 1. The van der Waals surface area contributed by atoms with Crippen molar-refractivity contribution >= 4 is 11.8 Å². The van der Waals surface area contributed by atoms with Crippen LogP contribution >= 0.6 is 0 Å². The lowest BCUT2D eigenvalue weighted by Gasteiger charge is -2.34. The Kier molecular flexibility index (Phi) is 4.91. The average molecular weight is 360 g/mol. The zero-order chi connectivity index (χ0) is 18.1. The molecule has 2 aliphatic heterocycles. The molecule has 0 aromatic heterocycles. The first-order chi connectivity index (χ1) is 12.6. The number of likely N-dealkylation sites (tertiary alicyclic amines) is 1. The molecule has 0 bridgehead atoms. The molecule has 1 aliphatic carbocycles. The van der Waals surface area contributed by atoms with Crippen molar-refractivity contribution in [1.29, 1.82) is 0 Å². The van der Waals surface area contributed by atoms with E-state index >= 15 is 0 Å². The smallest absolute Gasteiger partial charge is 0.225 e. The second kappa shape index (κ2) is 7.32. The fourth-order valence-corrected chi connectivity index (χ4v) is 4.44. The summed E-state index contributed by atoms with van der Waals surface area (Å²) in [5.74, 6) is -0.817. The summed E-state index contributed by atoms with van der Waals surface area (Å²) in [4.78, 5) is 26.6. The van der Waals surface area contributed by atoms with Crippen molar-refractivity contribution in [3.63, 3.8) is 0 Å². The van der Waals surface area contributed by atoms with Crippen molar-refractivity contribution in [3.05, 3.63) is 35.9 Å². The van der Waals surface area contributed by atoms with Gasteiger partial charge >= 0.3 is 0 Å². The molecule has 2 amide bonds. The van der Waals surface area contributed by atoms with Gasteiger partial charge in [-0.15, -0.1) is 0 Å². The van der Waals surface area contributed by atoms with Gasteiger partial charge in [0, 0.05) is 31.5 Å². The lowest BCUT2D eigenvalue weighted by molar-refractivity contribution is -0.131. The summed E-state index contributed by atoms with van der Waals surface area (Å²) in [6.07, 6.45) is 1.23. The number of rotatable bonds is 4. The average Bonchev–Trinajstić information content (AvgIpc) is 3.25. The van der Waals surface area contributed by atoms with Gasteiger partial charge in [0.1, 0.15) is 12.3 Å². The summed E-state index contributed by atoms with van der Waals surface area (Å²) in [5.41, 5.74) is 7.27. The van der Waals surface area contributed by atoms with E-state index in [1.54, 1.807) is 4.90 Å². The molecule has 7 heteroatoms. The topological polar surface area (TPSA) is 73.5 Å². The molecule has 0 radical (unpaired) electrons. The Morgan fingerprint density at radius 2 is 2.04 bits per heavy atom. The van der Waals surface area contributed by atoms with E-state index < -0.39 is 6.17 Å². The molecular weight excluding hydrogens is 335 g/mol. The van der Waals surface area contributed by atoms with Crippen molar-refractivity contribution in [2.45, 2.75) is 50.6 Å². The summed E-state index contributed by atoms with van der Waals surface area (Å²) in [6, 6.07) is 9.74. The van der Waals surface area contributed by atoms with Gasteiger partial charge in [-0.1, -0.05) is 30.3 Å². The van der Waals surface area contributed by atoms with Crippen molar-refractivity contribution in [2.75, 3.05) is 6.54 Å². The minimum atomic E-state index is -0.917. The highest BCUT2D eigenvalue weighted by Gasteiger charge is 2.49. The van der Waals surface area contributed by atoms with Crippen LogP contribution in [0.1, 0.15) is 31.2 Å². The summed E-state index contributed by atoms with van der Waals surface area (Å²) in [7, 11) is 0. The first kappa shape index (κ1) is 17.4. The van der Waals surface area contributed by atoms with Gasteiger partial charge in [0.05, 0.1) is 5.92 Å². The number of amides is 2. The van der Waals surface area contributed by atoms with Gasteiger partial charge in [0.2, 0.25) is 11.8 Å². The number of hydrogen-bond donors (Lipinski definition) is 3. The van der Waals surface area contributed by atoms with Gasteiger partial charge in [-0.25, -0.2) is 9.82 Å². The highest BCUT2D eigenvalue weighted by atomic mass is 19.1. The Morgan fingerprint density at radius 3 is 2.85 bits per heavy atom. The number of fused-ring (bicyclic) bond motifs is 1. The SMILES string of the molecule is O=C(NCc1ccccc1)C1CC(=O)N(C2NNC3CCCC(F)C32)C1. The van der Waals surface area contributed by atoms with Crippen molar-refractivity contribution < 1.29 is 14.0 Å². The first-order valence-electron chi connectivity index (χ1n) is 9.39. The van der Waals surface area contributed by atoms with Crippen LogP contribution in [0.3, 0.4) is 0 Å².